The summed E-state index contributed by atoms with van der Waals surface area (Å²) in [5.74, 6) is 0.0264. The smallest absolute Gasteiger partial charge is 0.228 e. The molecule has 0 aliphatic carbocycles. The molecule has 0 aliphatic heterocycles. The highest BCUT2D eigenvalue weighted by molar-refractivity contribution is 7.22. The predicted molar refractivity (Wildman–Crippen MR) is 95.1 cm³/mol. The zero-order valence-corrected chi connectivity index (χ0v) is 14.5. The minimum atomic E-state index is 0.0264. The molecule has 0 saturated heterocycles. The Morgan fingerprint density at radius 1 is 1.35 bits per heavy atom. The maximum Gasteiger partial charge on any atom is 0.228 e. The van der Waals surface area contributed by atoms with Crippen LogP contribution >= 0.6 is 22.9 Å². The van der Waals surface area contributed by atoms with Crippen LogP contribution in [0.2, 0.25) is 5.02 Å². The standard InChI is InChI=1S/C17H16ClN3OS/c1-3-15(22)21(10-13-6-4-5-7-19-13)17-20-16-11(2)8-12(18)9-14(16)23-17/h4-9H,3,10H2,1-2H3. The van der Waals surface area contributed by atoms with Crippen LogP contribution in [-0.4, -0.2) is 15.9 Å². The predicted octanol–water partition coefficient (Wildman–Crippen LogP) is 4.60. The molecule has 4 nitrogen and oxygen atoms in total. The van der Waals surface area contributed by atoms with E-state index in [2.05, 4.69) is 9.97 Å². The number of nitrogens with zero attached hydrogens (tertiary/aromatic N) is 3. The normalized spacial score (nSPS) is 10.9. The van der Waals surface area contributed by atoms with Crippen molar-refractivity contribution in [3.05, 3.63) is 52.8 Å². The molecule has 2 heterocycles. The second kappa shape index (κ2) is 6.64. The number of fused-ring (bicyclic) bond motifs is 1. The molecule has 0 saturated carbocycles. The summed E-state index contributed by atoms with van der Waals surface area (Å²) in [4.78, 5) is 23.0. The van der Waals surface area contributed by atoms with Crippen LogP contribution < -0.4 is 4.90 Å². The number of anilines is 1. The lowest BCUT2D eigenvalue weighted by Gasteiger charge is -2.18. The van der Waals surface area contributed by atoms with E-state index in [1.165, 1.54) is 11.3 Å². The molecule has 0 aliphatic rings. The van der Waals surface area contributed by atoms with E-state index in [9.17, 15) is 4.79 Å². The Bertz CT molecular complexity index is 848. The van der Waals surface area contributed by atoms with Crippen molar-refractivity contribution in [2.45, 2.75) is 26.8 Å². The molecule has 3 rings (SSSR count). The molecule has 2 aromatic heterocycles. The minimum absolute atomic E-state index is 0.0264. The van der Waals surface area contributed by atoms with E-state index in [0.29, 0.717) is 23.1 Å². The minimum Gasteiger partial charge on any atom is -0.282 e. The Labute approximate surface area is 143 Å². The number of aromatic nitrogens is 2. The van der Waals surface area contributed by atoms with Crippen LogP contribution in [0.3, 0.4) is 0 Å². The lowest BCUT2D eigenvalue weighted by molar-refractivity contribution is -0.118. The SMILES string of the molecule is CCC(=O)N(Cc1ccccn1)c1nc2c(C)cc(Cl)cc2s1. The molecule has 0 atom stereocenters. The summed E-state index contributed by atoms with van der Waals surface area (Å²) in [6.45, 7) is 4.24. The summed E-state index contributed by atoms with van der Waals surface area (Å²) in [5.41, 5.74) is 2.74. The summed E-state index contributed by atoms with van der Waals surface area (Å²) in [6.07, 6.45) is 2.15. The largest absolute Gasteiger partial charge is 0.282 e. The maximum atomic E-state index is 12.4. The Kier molecular flexibility index (Phi) is 4.59. The van der Waals surface area contributed by atoms with Crippen molar-refractivity contribution in [3.63, 3.8) is 0 Å². The summed E-state index contributed by atoms with van der Waals surface area (Å²) in [6, 6.07) is 9.46. The van der Waals surface area contributed by atoms with E-state index in [-0.39, 0.29) is 5.91 Å². The molecule has 0 radical (unpaired) electrons. The van der Waals surface area contributed by atoms with Gasteiger partial charge in [-0.2, -0.15) is 0 Å². The third kappa shape index (κ3) is 3.35. The van der Waals surface area contributed by atoms with Gasteiger partial charge >= 0.3 is 0 Å². The molecule has 23 heavy (non-hydrogen) atoms. The van der Waals surface area contributed by atoms with E-state index in [4.69, 9.17) is 11.6 Å². The molecular formula is C17H16ClN3OS. The number of benzene rings is 1. The molecule has 0 N–H and O–H groups in total. The van der Waals surface area contributed by atoms with Crippen molar-refractivity contribution < 1.29 is 4.79 Å². The Balaban J connectivity index is 2.03. The number of aryl methyl sites for hydroxylation is 1. The van der Waals surface area contributed by atoms with Crippen LogP contribution in [0.1, 0.15) is 24.6 Å². The van der Waals surface area contributed by atoms with Crippen LogP contribution in [0, 0.1) is 6.92 Å². The van der Waals surface area contributed by atoms with Gasteiger partial charge in [-0.1, -0.05) is 35.9 Å². The molecule has 0 fully saturated rings. The van der Waals surface area contributed by atoms with Gasteiger partial charge in [0.15, 0.2) is 5.13 Å². The molecular weight excluding hydrogens is 330 g/mol. The first kappa shape index (κ1) is 15.9. The van der Waals surface area contributed by atoms with Gasteiger partial charge in [-0.25, -0.2) is 4.98 Å². The highest BCUT2D eigenvalue weighted by atomic mass is 35.5. The van der Waals surface area contributed by atoms with Gasteiger partial charge in [-0.05, 0) is 36.8 Å². The second-order valence-electron chi connectivity index (χ2n) is 5.22. The topological polar surface area (TPSA) is 46.1 Å². The number of rotatable bonds is 4. The molecule has 3 aromatic rings. The number of thiazole rings is 1. The van der Waals surface area contributed by atoms with Crippen LogP contribution in [-0.2, 0) is 11.3 Å². The van der Waals surface area contributed by atoms with Gasteiger partial charge in [0.05, 0.1) is 22.5 Å². The number of carbonyl (C=O) groups excluding carboxylic acids is 1. The monoisotopic (exact) mass is 345 g/mol. The second-order valence-corrected chi connectivity index (χ2v) is 6.67. The molecule has 0 bridgehead atoms. The zero-order valence-electron chi connectivity index (χ0n) is 12.9. The van der Waals surface area contributed by atoms with E-state index in [0.717, 1.165) is 21.5 Å². The zero-order chi connectivity index (χ0) is 16.4. The van der Waals surface area contributed by atoms with Gasteiger partial charge in [-0.3, -0.25) is 14.7 Å². The number of pyridine rings is 1. The molecule has 1 amide bonds. The number of hydrogen-bond donors (Lipinski definition) is 0. The highest BCUT2D eigenvalue weighted by Gasteiger charge is 2.20. The summed E-state index contributed by atoms with van der Waals surface area (Å²) >= 11 is 7.60. The first-order chi connectivity index (χ1) is 11.1. The van der Waals surface area contributed by atoms with Crippen molar-refractivity contribution in [3.8, 4) is 0 Å². The van der Waals surface area contributed by atoms with Crippen LogP contribution in [0.25, 0.3) is 10.2 Å². The van der Waals surface area contributed by atoms with E-state index >= 15 is 0 Å². The van der Waals surface area contributed by atoms with E-state index < -0.39 is 0 Å². The Morgan fingerprint density at radius 3 is 2.87 bits per heavy atom. The number of hydrogen-bond acceptors (Lipinski definition) is 4. The van der Waals surface area contributed by atoms with Gasteiger partial charge in [-0.15, -0.1) is 0 Å². The molecule has 0 spiro atoms. The third-order valence-corrected chi connectivity index (χ3v) is 4.76. The number of carbonyl (C=O) groups is 1. The van der Waals surface area contributed by atoms with Crippen molar-refractivity contribution in [1.29, 1.82) is 0 Å². The van der Waals surface area contributed by atoms with E-state index in [1.807, 2.05) is 44.2 Å². The van der Waals surface area contributed by atoms with Crippen molar-refractivity contribution in [2.24, 2.45) is 0 Å². The van der Waals surface area contributed by atoms with Crippen molar-refractivity contribution >= 4 is 44.2 Å². The van der Waals surface area contributed by atoms with Crippen molar-refractivity contribution in [2.75, 3.05) is 4.90 Å². The van der Waals surface area contributed by atoms with Gasteiger partial charge in [0, 0.05) is 17.6 Å². The number of halogens is 1. The van der Waals surface area contributed by atoms with Crippen LogP contribution in [0.4, 0.5) is 5.13 Å². The fourth-order valence-corrected chi connectivity index (χ4v) is 3.80. The first-order valence-electron chi connectivity index (χ1n) is 7.35. The fourth-order valence-electron chi connectivity index (χ4n) is 2.37. The van der Waals surface area contributed by atoms with Gasteiger partial charge < -0.3 is 0 Å². The summed E-state index contributed by atoms with van der Waals surface area (Å²) < 4.78 is 0.986. The van der Waals surface area contributed by atoms with Crippen LogP contribution in [0.15, 0.2) is 36.5 Å². The fraction of sp³-hybridized carbons (Fsp3) is 0.235. The quantitative estimate of drug-likeness (QED) is 0.694. The van der Waals surface area contributed by atoms with E-state index in [1.54, 1.807) is 11.1 Å². The molecule has 6 heteroatoms. The summed E-state index contributed by atoms with van der Waals surface area (Å²) in [5, 5.41) is 1.37. The van der Waals surface area contributed by atoms with Gasteiger partial charge in [0.2, 0.25) is 5.91 Å². The molecule has 1 aromatic carbocycles. The van der Waals surface area contributed by atoms with Gasteiger partial charge in [0.25, 0.3) is 0 Å². The molecule has 118 valence electrons. The van der Waals surface area contributed by atoms with Crippen molar-refractivity contribution in [1.82, 2.24) is 9.97 Å². The third-order valence-electron chi connectivity index (χ3n) is 3.52. The molecule has 0 unspecified atom stereocenters. The number of amides is 1. The van der Waals surface area contributed by atoms with Gasteiger partial charge in [0.1, 0.15) is 0 Å². The lowest BCUT2D eigenvalue weighted by Crippen LogP contribution is -2.29. The Morgan fingerprint density at radius 2 is 2.17 bits per heavy atom. The first-order valence-corrected chi connectivity index (χ1v) is 8.55. The van der Waals surface area contributed by atoms with Crippen LogP contribution in [0.5, 0.6) is 0 Å². The summed E-state index contributed by atoms with van der Waals surface area (Å²) in [7, 11) is 0. The highest BCUT2D eigenvalue weighted by Crippen LogP contribution is 2.33. The Hall–Kier alpha value is -1.98. The lowest BCUT2D eigenvalue weighted by atomic mass is 10.2. The average molecular weight is 346 g/mol. The maximum absolute atomic E-state index is 12.4. The average Bonchev–Trinajstić information content (AvgIpc) is 2.97.